The predicted molar refractivity (Wildman–Crippen MR) is 60.1 cm³/mol. The Labute approximate surface area is 83.5 Å². The molecule has 0 unspecified atom stereocenters. The Kier molecular flexibility index (Phi) is 6.35. The maximum Gasteiger partial charge on any atom is 0.0249 e. The molecule has 0 bridgehead atoms. The molecule has 0 saturated carbocycles. The molecule has 0 heterocycles. The first kappa shape index (κ1) is 12.9. The van der Waals surface area contributed by atoms with Gasteiger partial charge in [0.2, 0.25) is 0 Å². The number of hydrogen-bond donors (Lipinski definition) is 2. The van der Waals surface area contributed by atoms with Gasteiger partial charge in [-0.2, -0.15) is 0 Å². The summed E-state index contributed by atoms with van der Waals surface area (Å²) in [6.45, 7) is 11.2. The van der Waals surface area contributed by atoms with Gasteiger partial charge in [0, 0.05) is 12.1 Å². The fourth-order valence-corrected chi connectivity index (χ4v) is 1.44. The van der Waals surface area contributed by atoms with Crippen LogP contribution in [0.25, 0.3) is 0 Å². The van der Waals surface area contributed by atoms with Crippen molar-refractivity contribution in [3.05, 3.63) is 0 Å². The summed E-state index contributed by atoms with van der Waals surface area (Å²) in [5, 5.41) is 6.75. The standard InChI is InChI=1S/C11H26N2/c1-10(2)7-6-8-13-11(3,4)9-12-5/h10,12-13H,6-9H2,1-5H3. The van der Waals surface area contributed by atoms with Crippen molar-refractivity contribution in [1.82, 2.24) is 10.6 Å². The van der Waals surface area contributed by atoms with Gasteiger partial charge in [-0.15, -0.1) is 0 Å². The minimum atomic E-state index is 0.228. The molecule has 0 fully saturated rings. The second-order valence-electron chi connectivity index (χ2n) is 4.88. The van der Waals surface area contributed by atoms with Crippen LogP contribution in [0.5, 0.6) is 0 Å². The van der Waals surface area contributed by atoms with E-state index in [-0.39, 0.29) is 5.54 Å². The van der Waals surface area contributed by atoms with Crippen LogP contribution in [0.4, 0.5) is 0 Å². The molecule has 0 amide bonds. The van der Waals surface area contributed by atoms with Gasteiger partial charge in [-0.05, 0) is 46.2 Å². The monoisotopic (exact) mass is 186 g/mol. The van der Waals surface area contributed by atoms with Crippen LogP contribution in [-0.2, 0) is 0 Å². The maximum atomic E-state index is 3.55. The Morgan fingerprint density at radius 2 is 1.85 bits per heavy atom. The quantitative estimate of drug-likeness (QED) is 0.594. The summed E-state index contributed by atoms with van der Waals surface area (Å²) in [5.74, 6) is 0.828. The topological polar surface area (TPSA) is 24.1 Å². The molecule has 2 nitrogen and oxygen atoms in total. The Morgan fingerprint density at radius 1 is 1.23 bits per heavy atom. The SMILES string of the molecule is CNCC(C)(C)NCCCC(C)C. The first-order chi connectivity index (χ1) is 5.98. The molecule has 0 aromatic carbocycles. The number of hydrogen-bond acceptors (Lipinski definition) is 2. The molecule has 80 valence electrons. The van der Waals surface area contributed by atoms with Crippen LogP contribution in [0.2, 0.25) is 0 Å². The van der Waals surface area contributed by atoms with Gasteiger partial charge in [0.25, 0.3) is 0 Å². The van der Waals surface area contributed by atoms with E-state index in [1.165, 1.54) is 12.8 Å². The van der Waals surface area contributed by atoms with Crippen LogP contribution in [0.15, 0.2) is 0 Å². The van der Waals surface area contributed by atoms with E-state index in [0.29, 0.717) is 0 Å². The van der Waals surface area contributed by atoms with Crippen molar-refractivity contribution < 1.29 is 0 Å². The molecule has 0 aromatic heterocycles. The van der Waals surface area contributed by atoms with E-state index in [2.05, 4.69) is 38.3 Å². The van der Waals surface area contributed by atoms with Crippen molar-refractivity contribution in [1.29, 1.82) is 0 Å². The third-order valence-electron chi connectivity index (χ3n) is 2.18. The predicted octanol–water partition coefficient (Wildman–Crippen LogP) is 2.01. The molecule has 0 aliphatic heterocycles. The summed E-state index contributed by atoms with van der Waals surface area (Å²) in [5.41, 5.74) is 0.228. The number of rotatable bonds is 7. The molecule has 0 radical (unpaired) electrons. The summed E-state index contributed by atoms with van der Waals surface area (Å²) >= 11 is 0. The van der Waals surface area contributed by atoms with Crippen LogP contribution in [0, 0.1) is 5.92 Å². The highest BCUT2D eigenvalue weighted by Gasteiger charge is 2.14. The van der Waals surface area contributed by atoms with Crippen LogP contribution in [-0.4, -0.2) is 25.7 Å². The maximum absolute atomic E-state index is 3.55. The molecule has 0 saturated heterocycles. The molecule has 0 atom stereocenters. The van der Waals surface area contributed by atoms with Gasteiger partial charge >= 0.3 is 0 Å². The number of nitrogens with one attached hydrogen (secondary N) is 2. The Balaban J connectivity index is 3.40. The van der Waals surface area contributed by atoms with Crippen LogP contribution in [0.3, 0.4) is 0 Å². The molecule has 0 rings (SSSR count). The minimum absolute atomic E-state index is 0.228. The van der Waals surface area contributed by atoms with Gasteiger partial charge in [-0.3, -0.25) is 0 Å². The zero-order chi connectivity index (χ0) is 10.3. The lowest BCUT2D eigenvalue weighted by Gasteiger charge is -2.26. The van der Waals surface area contributed by atoms with E-state index in [1.54, 1.807) is 0 Å². The first-order valence-electron chi connectivity index (χ1n) is 5.37. The van der Waals surface area contributed by atoms with Gasteiger partial charge in [-0.1, -0.05) is 13.8 Å². The van der Waals surface area contributed by atoms with Crippen molar-refractivity contribution >= 4 is 0 Å². The summed E-state index contributed by atoms with van der Waals surface area (Å²) in [7, 11) is 2.00. The lowest BCUT2D eigenvalue weighted by atomic mass is 10.0. The summed E-state index contributed by atoms with van der Waals surface area (Å²) < 4.78 is 0. The van der Waals surface area contributed by atoms with Crippen LogP contribution in [0.1, 0.15) is 40.5 Å². The first-order valence-corrected chi connectivity index (χ1v) is 5.37. The highest BCUT2D eigenvalue weighted by molar-refractivity contribution is 4.78. The van der Waals surface area contributed by atoms with Crippen molar-refractivity contribution in [2.45, 2.75) is 46.1 Å². The largest absolute Gasteiger partial charge is 0.318 e. The van der Waals surface area contributed by atoms with Gasteiger partial charge in [0.15, 0.2) is 0 Å². The van der Waals surface area contributed by atoms with Crippen LogP contribution < -0.4 is 10.6 Å². The summed E-state index contributed by atoms with van der Waals surface area (Å²) in [4.78, 5) is 0. The molecule has 0 spiro atoms. The van der Waals surface area contributed by atoms with Crippen molar-refractivity contribution in [2.75, 3.05) is 20.1 Å². The molecular formula is C11H26N2. The van der Waals surface area contributed by atoms with Gasteiger partial charge in [-0.25, -0.2) is 0 Å². The van der Waals surface area contributed by atoms with Gasteiger partial charge in [0.05, 0.1) is 0 Å². The zero-order valence-electron chi connectivity index (χ0n) is 9.91. The van der Waals surface area contributed by atoms with Gasteiger partial charge in [0.1, 0.15) is 0 Å². The Bertz CT molecular complexity index is 119. The molecule has 2 N–H and O–H groups in total. The second-order valence-corrected chi connectivity index (χ2v) is 4.88. The molecule has 2 heteroatoms. The summed E-state index contributed by atoms with van der Waals surface area (Å²) in [6, 6.07) is 0. The van der Waals surface area contributed by atoms with E-state index >= 15 is 0 Å². The van der Waals surface area contributed by atoms with Crippen molar-refractivity contribution in [3.8, 4) is 0 Å². The molecular weight excluding hydrogens is 160 g/mol. The van der Waals surface area contributed by atoms with E-state index in [0.717, 1.165) is 19.0 Å². The Morgan fingerprint density at radius 3 is 2.31 bits per heavy atom. The third kappa shape index (κ3) is 8.26. The molecule has 0 aliphatic carbocycles. The lowest BCUT2D eigenvalue weighted by molar-refractivity contribution is 0.365. The van der Waals surface area contributed by atoms with E-state index in [1.807, 2.05) is 7.05 Å². The molecule has 0 aliphatic rings. The summed E-state index contributed by atoms with van der Waals surface area (Å²) in [6.07, 6.45) is 2.60. The molecule has 13 heavy (non-hydrogen) atoms. The average molecular weight is 186 g/mol. The number of likely N-dealkylation sites (N-methyl/N-ethyl adjacent to an activating group) is 1. The van der Waals surface area contributed by atoms with E-state index in [9.17, 15) is 0 Å². The smallest absolute Gasteiger partial charge is 0.0249 e. The zero-order valence-corrected chi connectivity index (χ0v) is 9.91. The fourth-order valence-electron chi connectivity index (χ4n) is 1.44. The van der Waals surface area contributed by atoms with E-state index < -0.39 is 0 Å². The van der Waals surface area contributed by atoms with Crippen molar-refractivity contribution in [3.63, 3.8) is 0 Å². The van der Waals surface area contributed by atoms with Crippen LogP contribution >= 0.6 is 0 Å². The van der Waals surface area contributed by atoms with Gasteiger partial charge < -0.3 is 10.6 Å². The second kappa shape index (κ2) is 6.39. The highest BCUT2D eigenvalue weighted by atomic mass is 15.0. The molecule has 0 aromatic rings. The van der Waals surface area contributed by atoms with Crippen molar-refractivity contribution in [2.24, 2.45) is 5.92 Å². The average Bonchev–Trinajstić information content (AvgIpc) is 1.98. The third-order valence-corrected chi connectivity index (χ3v) is 2.18. The highest BCUT2D eigenvalue weighted by Crippen LogP contribution is 2.04. The van der Waals surface area contributed by atoms with E-state index in [4.69, 9.17) is 0 Å². The Hall–Kier alpha value is -0.0800. The minimum Gasteiger partial charge on any atom is -0.318 e. The lowest BCUT2D eigenvalue weighted by Crippen LogP contribution is -2.47. The fraction of sp³-hybridized carbons (Fsp3) is 1.00. The normalized spacial score (nSPS) is 12.5.